The highest BCUT2D eigenvalue weighted by Crippen LogP contribution is 2.18. The lowest BCUT2D eigenvalue weighted by atomic mass is 10.2. The third kappa shape index (κ3) is 2.12. The summed E-state index contributed by atoms with van der Waals surface area (Å²) in [6.07, 6.45) is 0. The summed E-state index contributed by atoms with van der Waals surface area (Å²) in [6.45, 7) is 0.563. The van der Waals surface area contributed by atoms with Crippen LogP contribution in [0.3, 0.4) is 0 Å². The van der Waals surface area contributed by atoms with Gasteiger partial charge in [0.15, 0.2) is 15.9 Å². The van der Waals surface area contributed by atoms with Crippen molar-refractivity contribution >= 4 is 33.0 Å². The monoisotopic (exact) mass is 319 g/mol. The highest BCUT2D eigenvalue weighted by atomic mass is 79.9. The van der Waals surface area contributed by atoms with Crippen LogP contribution in [0.4, 0.5) is 5.95 Å². The first-order valence-electron chi connectivity index (χ1n) is 5.60. The largest absolute Gasteiger partial charge is 0.369 e. The van der Waals surface area contributed by atoms with Gasteiger partial charge in [-0.05, 0) is 21.5 Å². The predicted octanol–water partition coefficient (Wildman–Crippen LogP) is 1.51. The summed E-state index contributed by atoms with van der Waals surface area (Å²) >= 11 is 3.34. The van der Waals surface area contributed by atoms with E-state index < -0.39 is 0 Å². The van der Waals surface area contributed by atoms with Gasteiger partial charge in [-0.25, -0.2) is 4.98 Å². The fourth-order valence-corrected chi connectivity index (χ4v) is 2.38. The Kier molecular flexibility index (Phi) is 2.83. The second-order valence-corrected chi connectivity index (χ2v) is 4.79. The fourth-order valence-electron chi connectivity index (χ4n) is 1.91. The topological polar surface area (TPSA) is 89.6 Å². The van der Waals surface area contributed by atoms with Crippen LogP contribution >= 0.6 is 15.9 Å². The van der Waals surface area contributed by atoms with Gasteiger partial charge in [0, 0.05) is 0 Å². The van der Waals surface area contributed by atoms with E-state index in [0.29, 0.717) is 16.9 Å². The van der Waals surface area contributed by atoms with Gasteiger partial charge in [-0.15, -0.1) is 0 Å². The van der Waals surface area contributed by atoms with Crippen LogP contribution in [0.5, 0.6) is 0 Å². The molecule has 0 bridgehead atoms. The van der Waals surface area contributed by atoms with E-state index in [0.717, 1.165) is 5.56 Å². The molecule has 2 heterocycles. The number of H-pyrrole nitrogens is 1. The van der Waals surface area contributed by atoms with Gasteiger partial charge >= 0.3 is 0 Å². The number of halogens is 1. The molecule has 0 amide bonds. The lowest BCUT2D eigenvalue weighted by Gasteiger charge is -2.05. The summed E-state index contributed by atoms with van der Waals surface area (Å²) in [5.41, 5.74) is 7.07. The molecule has 0 saturated heterocycles. The molecule has 0 unspecified atom stereocenters. The fraction of sp³-hybridized carbons (Fsp3) is 0.0833. The zero-order valence-corrected chi connectivity index (χ0v) is 11.4. The lowest BCUT2D eigenvalue weighted by molar-refractivity contribution is 0.791. The molecular weight excluding hydrogens is 310 g/mol. The molecule has 19 heavy (non-hydrogen) atoms. The molecule has 3 aromatic rings. The van der Waals surface area contributed by atoms with Gasteiger partial charge in [0.2, 0.25) is 5.95 Å². The molecule has 96 valence electrons. The van der Waals surface area contributed by atoms with Crippen molar-refractivity contribution in [2.45, 2.75) is 6.54 Å². The van der Waals surface area contributed by atoms with Crippen LogP contribution in [0, 0.1) is 0 Å². The predicted molar refractivity (Wildman–Crippen MR) is 75.8 cm³/mol. The van der Waals surface area contributed by atoms with Crippen molar-refractivity contribution in [1.29, 1.82) is 0 Å². The van der Waals surface area contributed by atoms with Gasteiger partial charge in [-0.2, -0.15) is 4.98 Å². The van der Waals surface area contributed by atoms with Crippen LogP contribution in [-0.2, 0) is 6.54 Å². The Morgan fingerprint density at radius 3 is 2.74 bits per heavy atom. The first kappa shape index (κ1) is 11.9. The van der Waals surface area contributed by atoms with Crippen molar-refractivity contribution in [2.75, 3.05) is 5.73 Å². The number of benzene rings is 1. The molecule has 0 aliphatic heterocycles. The maximum atomic E-state index is 11.7. The number of anilines is 1. The van der Waals surface area contributed by atoms with Crippen LogP contribution in [-0.4, -0.2) is 19.5 Å². The smallest absolute Gasteiger partial charge is 0.280 e. The zero-order valence-electron chi connectivity index (χ0n) is 9.80. The molecule has 0 spiro atoms. The van der Waals surface area contributed by atoms with Crippen LogP contribution < -0.4 is 11.3 Å². The molecule has 0 atom stereocenters. The average Bonchev–Trinajstić information content (AvgIpc) is 2.69. The number of rotatable bonds is 2. The Labute approximate surface area is 116 Å². The third-order valence-corrected chi connectivity index (χ3v) is 3.37. The van der Waals surface area contributed by atoms with Crippen molar-refractivity contribution in [3.63, 3.8) is 0 Å². The highest BCUT2D eigenvalue weighted by molar-refractivity contribution is 9.10. The van der Waals surface area contributed by atoms with E-state index >= 15 is 0 Å². The minimum Gasteiger partial charge on any atom is -0.369 e. The number of aromatic amines is 1. The van der Waals surface area contributed by atoms with Crippen molar-refractivity contribution in [3.8, 4) is 0 Å². The van der Waals surface area contributed by atoms with Gasteiger partial charge in [0.25, 0.3) is 5.56 Å². The molecule has 3 rings (SSSR count). The lowest BCUT2D eigenvalue weighted by Crippen LogP contribution is -2.12. The van der Waals surface area contributed by atoms with E-state index in [2.05, 4.69) is 30.9 Å². The van der Waals surface area contributed by atoms with Gasteiger partial charge in [-0.3, -0.25) is 14.3 Å². The number of nitrogens with one attached hydrogen (secondary N) is 1. The second kappa shape index (κ2) is 4.51. The summed E-state index contributed by atoms with van der Waals surface area (Å²) in [6, 6.07) is 9.85. The van der Waals surface area contributed by atoms with E-state index in [-0.39, 0.29) is 17.0 Å². The molecule has 0 saturated carbocycles. The van der Waals surface area contributed by atoms with Crippen LogP contribution in [0.15, 0.2) is 39.9 Å². The van der Waals surface area contributed by atoms with E-state index in [1.54, 1.807) is 4.57 Å². The van der Waals surface area contributed by atoms with Crippen molar-refractivity contribution in [1.82, 2.24) is 19.5 Å². The highest BCUT2D eigenvalue weighted by Gasteiger charge is 2.13. The molecule has 3 N–H and O–H groups in total. The number of hydrogen-bond acceptors (Lipinski definition) is 4. The molecule has 0 aliphatic rings. The number of nitrogen functional groups attached to an aromatic ring is 1. The molecule has 0 aliphatic carbocycles. The number of hydrogen-bond donors (Lipinski definition) is 2. The van der Waals surface area contributed by atoms with Gasteiger partial charge in [0.1, 0.15) is 0 Å². The van der Waals surface area contributed by atoms with E-state index in [1.807, 2.05) is 30.3 Å². The molecule has 2 aromatic heterocycles. The SMILES string of the molecule is Nc1nc2c(nc(Br)n2Cc2ccccc2)c(=O)[nH]1. The molecule has 7 heteroatoms. The van der Waals surface area contributed by atoms with Crippen LogP contribution in [0.25, 0.3) is 11.2 Å². The Bertz CT molecular complexity index is 793. The summed E-state index contributed by atoms with van der Waals surface area (Å²) in [5.74, 6) is 0.0826. The minimum absolute atomic E-state index is 0.0826. The number of nitrogens with two attached hydrogens (primary N) is 1. The third-order valence-electron chi connectivity index (χ3n) is 2.76. The maximum Gasteiger partial charge on any atom is 0.280 e. The summed E-state index contributed by atoms with van der Waals surface area (Å²) in [5, 5.41) is 0. The Balaban J connectivity index is 2.18. The van der Waals surface area contributed by atoms with Crippen molar-refractivity contribution in [3.05, 3.63) is 51.0 Å². The molecule has 6 nitrogen and oxygen atoms in total. The molecule has 0 radical (unpaired) electrons. The Morgan fingerprint density at radius 2 is 2.00 bits per heavy atom. The summed E-state index contributed by atoms with van der Waals surface area (Å²) < 4.78 is 2.35. The van der Waals surface area contributed by atoms with E-state index in [4.69, 9.17) is 5.73 Å². The van der Waals surface area contributed by atoms with Gasteiger partial charge < -0.3 is 5.73 Å². The number of aromatic nitrogens is 4. The summed E-state index contributed by atoms with van der Waals surface area (Å²) in [4.78, 5) is 22.5. The van der Waals surface area contributed by atoms with Gasteiger partial charge in [-0.1, -0.05) is 30.3 Å². The first-order valence-corrected chi connectivity index (χ1v) is 6.40. The number of fused-ring (bicyclic) bond motifs is 1. The van der Waals surface area contributed by atoms with E-state index in [1.165, 1.54) is 0 Å². The van der Waals surface area contributed by atoms with E-state index in [9.17, 15) is 4.79 Å². The molecular formula is C12H10BrN5O. The minimum atomic E-state index is -0.338. The standard InChI is InChI=1S/C12H10BrN5O/c13-11-15-8-9(16-12(14)17-10(8)19)18(11)6-7-4-2-1-3-5-7/h1-5H,6H2,(H3,14,16,17,19). The Morgan fingerprint density at radius 1 is 1.26 bits per heavy atom. The van der Waals surface area contributed by atoms with Crippen LogP contribution in [0.2, 0.25) is 0 Å². The van der Waals surface area contributed by atoms with Crippen molar-refractivity contribution in [2.24, 2.45) is 0 Å². The zero-order chi connectivity index (χ0) is 13.4. The maximum absolute atomic E-state index is 11.7. The summed E-state index contributed by atoms with van der Waals surface area (Å²) in [7, 11) is 0. The quantitative estimate of drug-likeness (QED) is 0.701. The second-order valence-electron chi connectivity index (χ2n) is 4.08. The molecule has 0 fully saturated rings. The Hall–Kier alpha value is -2.15. The number of imidazole rings is 1. The van der Waals surface area contributed by atoms with Crippen LogP contribution in [0.1, 0.15) is 5.56 Å². The molecule has 1 aromatic carbocycles. The first-order chi connectivity index (χ1) is 9.15. The van der Waals surface area contributed by atoms with Gasteiger partial charge in [0.05, 0.1) is 6.54 Å². The normalized spacial score (nSPS) is 11.0. The average molecular weight is 320 g/mol. The number of nitrogens with zero attached hydrogens (tertiary/aromatic N) is 3. The van der Waals surface area contributed by atoms with Crippen molar-refractivity contribution < 1.29 is 0 Å².